The molecule has 20 heavy (non-hydrogen) atoms. The molecule has 2 aromatic heterocycles. The van der Waals surface area contributed by atoms with Gasteiger partial charge < -0.3 is 0 Å². The maximum absolute atomic E-state index is 12.8. The molecule has 1 aliphatic rings. The number of carbonyl (C=O) groups is 1. The Morgan fingerprint density at radius 3 is 2.90 bits per heavy atom. The smallest absolute Gasteiger partial charge is 0.198 e. The van der Waals surface area contributed by atoms with Crippen molar-refractivity contribution in [3.05, 3.63) is 47.0 Å². The molecular formula is C16H19N3O. The van der Waals surface area contributed by atoms with Crippen LogP contribution in [0.15, 0.2) is 24.5 Å². The lowest BCUT2D eigenvalue weighted by Gasteiger charge is -2.14. The summed E-state index contributed by atoms with van der Waals surface area (Å²) < 4.78 is 2.03. The van der Waals surface area contributed by atoms with Crippen LogP contribution in [-0.4, -0.2) is 20.5 Å². The molecule has 2 aromatic rings. The summed E-state index contributed by atoms with van der Waals surface area (Å²) >= 11 is 0. The Balaban J connectivity index is 2.12. The third-order valence-electron chi connectivity index (χ3n) is 3.82. The molecule has 0 saturated heterocycles. The van der Waals surface area contributed by atoms with Gasteiger partial charge in [-0.25, -0.2) is 0 Å². The quantitative estimate of drug-likeness (QED) is 0.805. The molecule has 0 fully saturated rings. The predicted octanol–water partition coefficient (Wildman–Crippen LogP) is 2.97. The molecular weight excluding hydrogens is 250 g/mol. The highest BCUT2D eigenvalue weighted by atomic mass is 16.1. The van der Waals surface area contributed by atoms with E-state index in [4.69, 9.17) is 0 Å². The first kappa shape index (κ1) is 13.0. The minimum atomic E-state index is 0.0601. The fourth-order valence-corrected chi connectivity index (χ4v) is 2.80. The van der Waals surface area contributed by atoms with E-state index < -0.39 is 0 Å². The van der Waals surface area contributed by atoms with Crippen LogP contribution in [0.2, 0.25) is 0 Å². The number of ketones is 1. The van der Waals surface area contributed by atoms with Crippen LogP contribution in [0.25, 0.3) is 0 Å². The second-order valence-corrected chi connectivity index (χ2v) is 5.61. The summed E-state index contributed by atoms with van der Waals surface area (Å²) in [6, 6.07) is 3.63. The van der Waals surface area contributed by atoms with Gasteiger partial charge in [-0.05, 0) is 37.3 Å². The largest absolute Gasteiger partial charge is 0.288 e. The van der Waals surface area contributed by atoms with E-state index in [1.165, 1.54) is 0 Å². The highest BCUT2D eigenvalue weighted by molar-refractivity contribution is 6.10. The number of hydrogen-bond donors (Lipinski definition) is 0. The first-order valence-corrected chi connectivity index (χ1v) is 7.22. The number of aryl methyl sites for hydroxylation is 1. The molecule has 104 valence electrons. The van der Waals surface area contributed by atoms with Gasteiger partial charge in [0.15, 0.2) is 5.78 Å². The Morgan fingerprint density at radius 2 is 2.20 bits per heavy atom. The molecule has 3 rings (SSSR count). The van der Waals surface area contributed by atoms with E-state index in [0.29, 0.717) is 5.56 Å². The Morgan fingerprint density at radius 1 is 1.35 bits per heavy atom. The van der Waals surface area contributed by atoms with Gasteiger partial charge in [0.25, 0.3) is 0 Å². The number of aromatic nitrogens is 3. The van der Waals surface area contributed by atoms with Gasteiger partial charge in [0.05, 0.1) is 11.3 Å². The molecule has 1 aliphatic heterocycles. The van der Waals surface area contributed by atoms with Crippen LogP contribution in [0.5, 0.6) is 0 Å². The zero-order valence-electron chi connectivity index (χ0n) is 12.0. The molecule has 4 heteroatoms. The van der Waals surface area contributed by atoms with Gasteiger partial charge in [-0.1, -0.05) is 13.8 Å². The van der Waals surface area contributed by atoms with E-state index in [0.717, 1.165) is 42.8 Å². The van der Waals surface area contributed by atoms with Gasteiger partial charge in [0.2, 0.25) is 0 Å². The highest BCUT2D eigenvalue weighted by Crippen LogP contribution is 2.28. The van der Waals surface area contributed by atoms with Crippen molar-refractivity contribution in [3.8, 4) is 0 Å². The van der Waals surface area contributed by atoms with Crippen molar-refractivity contribution < 1.29 is 4.79 Å². The van der Waals surface area contributed by atoms with E-state index in [2.05, 4.69) is 23.9 Å². The maximum atomic E-state index is 12.8. The predicted molar refractivity (Wildman–Crippen MR) is 76.9 cm³/mol. The van der Waals surface area contributed by atoms with Gasteiger partial charge in [0.1, 0.15) is 0 Å². The summed E-state index contributed by atoms with van der Waals surface area (Å²) in [5, 5.41) is 4.67. The first-order chi connectivity index (χ1) is 9.68. The topological polar surface area (TPSA) is 47.8 Å². The van der Waals surface area contributed by atoms with Gasteiger partial charge in [-0.2, -0.15) is 5.10 Å². The molecule has 0 aromatic carbocycles. The van der Waals surface area contributed by atoms with E-state index in [1.807, 2.05) is 10.7 Å². The van der Waals surface area contributed by atoms with E-state index in [-0.39, 0.29) is 11.7 Å². The molecule has 3 heterocycles. The average molecular weight is 269 g/mol. The van der Waals surface area contributed by atoms with Crippen molar-refractivity contribution in [2.75, 3.05) is 0 Å². The average Bonchev–Trinajstić information content (AvgIpc) is 2.87. The molecule has 0 unspecified atom stereocenters. The number of pyridine rings is 1. The fourth-order valence-electron chi connectivity index (χ4n) is 2.80. The molecule has 0 N–H and O–H groups in total. The van der Waals surface area contributed by atoms with Crippen LogP contribution in [0.4, 0.5) is 0 Å². The van der Waals surface area contributed by atoms with Crippen LogP contribution in [0.1, 0.15) is 59.9 Å². The number of nitrogens with zero attached hydrogens (tertiary/aromatic N) is 3. The van der Waals surface area contributed by atoms with Crippen LogP contribution in [0, 0.1) is 0 Å². The van der Waals surface area contributed by atoms with E-state index in [9.17, 15) is 4.79 Å². The molecule has 0 radical (unpaired) electrons. The molecule has 0 amide bonds. The summed E-state index contributed by atoms with van der Waals surface area (Å²) in [5.41, 5.74) is 3.49. The van der Waals surface area contributed by atoms with Gasteiger partial charge in [-0.15, -0.1) is 0 Å². The van der Waals surface area contributed by atoms with Gasteiger partial charge in [-0.3, -0.25) is 14.5 Å². The van der Waals surface area contributed by atoms with Gasteiger partial charge >= 0.3 is 0 Å². The van der Waals surface area contributed by atoms with Crippen LogP contribution in [-0.2, 0) is 13.0 Å². The monoisotopic (exact) mass is 269 g/mol. The normalized spacial score (nSPS) is 14.3. The summed E-state index contributed by atoms with van der Waals surface area (Å²) in [7, 11) is 0. The minimum Gasteiger partial charge on any atom is -0.288 e. The van der Waals surface area contributed by atoms with Crippen molar-refractivity contribution >= 4 is 5.78 Å². The standard InChI is InChI=1S/C16H19N3O/c1-11(2)15-14(13-7-3-4-9-19(13)18-15)16(20)12-6-5-8-17-10-12/h5-6,8,10-11H,3-4,7,9H2,1-2H3. The lowest BCUT2D eigenvalue weighted by atomic mass is 9.94. The Hall–Kier alpha value is -1.97. The molecule has 0 spiro atoms. The van der Waals surface area contributed by atoms with Crippen LogP contribution < -0.4 is 0 Å². The molecule has 0 saturated carbocycles. The van der Waals surface area contributed by atoms with Crippen LogP contribution in [0.3, 0.4) is 0 Å². The summed E-state index contributed by atoms with van der Waals surface area (Å²) in [5.74, 6) is 0.314. The molecule has 0 bridgehead atoms. The number of carbonyl (C=O) groups excluding carboxylic acids is 1. The SMILES string of the molecule is CC(C)c1nn2c(c1C(=O)c1cccnc1)CCCC2. The van der Waals surface area contributed by atoms with Gasteiger partial charge in [0, 0.05) is 30.2 Å². The number of rotatable bonds is 3. The zero-order chi connectivity index (χ0) is 14.1. The molecule has 4 nitrogen and oxygen atoms in total. The van der Waals surface area contributed by atoms with Crippen molar-refractivity contribution in [2.45, 2.75) is 45.6 Å². The Labute approximate surface area is 118 Å². The second-order valence-electron chi connectivity index (χ2n) is 5.61. The van der Waals surface area contributed by atoms with Crippen molar-refractivity contribution in [1.82, 2.24) is 14.8 Å². The summed E-state index contributed by atoms with van der Waals surface area (Å²) in [6.45, 7) is 5.11. The highest BCUT2D eigenvalue weighted by Gasteiger charge is 2.27. The van der Waals surface area contributed by atoms with E-state index >= 15 is 0 Å². The molecule has 0 aliphatic carbocycles. The van der Waals surface area contributed by atoms with Crippen molar-refractivity contribution in [1.29, 1.82) is 0 Å². The summed E-state index contributed by atoms with van der Waals surface area (Å²) in [6.07, 6.45) is 6.55. The third-order valence-corrected chi connectivity index (χ3v) is 3.82. The molecule has 0 atom stereocenters. The lowest BCUT2D eigenvalue weighted by molar-refractivity contribution is 0.103. The fraction of sp³-hybridized carbons (Fsp3) is 0.438. The Kier molecular flexibility index (Phi) is 3.38. The first-order valence-electron chi connectivity index (χ1n) is 7.22. The summed E-state index contributed by atoms with van der Waals surface area (Å²) in [4.78, 5) is 16.9. The lowest BCUT2D eigenvalue weighted by Crippen LogP contribution is -2.14. The third kappa shape index (κ3) is 2.15. The maximum Gasteiger partial charge on any atom is 0.198 e. The number of fused-ring (bicyclic) bond motifs is 1. The minimum absolute atomic E-state index is 0.0601. The van der Waals surface area contributed by atoms with Crippen LogP contribution >= 0.6 is 0 Å². The second kappa shape index (κ2) is 5.19. The van der Waals surface area contributed by atoms with Crippen molar-refractivity contribution in [3.63, 3.8) is 0 Å². The van der Waals surface area contributed by atoms with Crippen molar-refractivity contribution in [2.24, 2.45) is 0 Å². The Bertz CT molecular complexity index is 629. The number of hydrogen-bond acceptors (Lipinski definition) is 3. The zero-order valence-corrected chi connectivity index (χ0v) is 12.0. The van der Waals surface area contributed by atoms with E-state index in [1.54, 1.807) is 18.5 Å².